The molecule has 0 aliphatic carbocycles. The predicted molar refractivity (Wildman–Crippen MR) is 127 cm³/mol. The van der Waals surface area contributed by atoms with Crippen molar-refractivity contribution in [2.24, 2.45) is 0 Å². The third-order valence-corrected chi connectivity index (χ3v) is 7.14. The minimum absolute atomic E-state index is 0.240. The number of hydrogen-bond donors (Lipinski definition) is 2. The average Bonchev–Trinajstić information content (AvgIpc) is 3.48. The fourth-order valence-electron chi connectivity index (χ4n) is 4.57. The first-order valence-electron chi connectivity index (χ1n) is 11.3. The number of nitrogens with zero attached hydrogens (tertiary/aromatic N) is 3. The van der Waals surface area contributed by atoms with E-state index in [1.165, 1.54) is 5.56 Å². The maximum absolute atomic E-state index is 12.9. The molecule has 2 aliphatic heterocycles. The van der Waals surface area contributed by atoms with E-state index < -0.39 is 0 Å². The third kappa shape index (κ3) is 5.10. The van der Waals surface area contributed by atoms with Gasteiger partial charge >= 0.3 is 4.87 Å². The lowest BCUT2D eigenvalue weighted by molar-refractivity contribution is -0.117. The molecule has 0 radical (unpaired) electrons. The Kier molecular flexibility index (Phi) is 6.60. The zero-order valence-corrected chi connectivity index (χ0v) is 20.0. The van der Waals surface area contributed by atoms with E-state index in [4.69, 9.17) is 9.47 Å². The van der Waals surface area contributed by atoms with E-state index >= 15 is 0 Å². The van der Waals surface area contributed by atoms with Gasteiger partial charge in [0.2, 0.25) is 6.41 Å². The molecule has 5 rings (SSSR count). The van der Waals surface area contributed by atoms with Crippen molar-refractivity contribution in [3.8, 4) is 5.75 Å². The summed E-state index contributed by atoms with van der Waals surface area (Å²) in [6.07, 6.45) is 1.56. The number of aromatic nitrogens is 3. The number of aromatic amines is 1. The summed E-state index contributed by atoms with van der Waals surface area (Å²) >= 11 is 0.996. The Morgan fingerprint density at radius 3 is 2.91 bits per heavy atom. The van der Waals surface area contributed by atoms with E-state index in [0.717, 1.165) is 41.1 Å². The van der Waals surface area contributed by atoms with Crippen LogP contribution in [0, 0.1) is 6.92 Å². The number of aryl methyl sites for hydroxylation is 1. The molecular formula is C24H25N5O5S. The number of ether oxygens (including phenoxy) is 2. The van der Waals surface area contributed by atoms with Crippen LogP contribution in [0.15, 0.2) is 35.1 Å². The van der Waals surface area contributed by atoms with Crippen molar-refractivity contribution in [2.45, 2.75) is 38.5 Å². The first kappa shape index (κ1) is 23.2. The quantitative estimate of drug-likeness (QED) is 0.476. The van der Waals surface area contributed by atoms with Crippen molar-refractivity contribution in [2.75, 3.05) is 19.7 Å². The molecule has 0 unspecified atom stereocenters. The smallest absolute Gasteiger partial charge is 0.322 e. The van der Waals surface area contributed by atoms with Crippen LogP contribution in [0.1, 0.15) is 43.8 Å². The Labute approximate surface area is 205 Å². The molecule has 182 valence electrons. The van der Waals surface area contributed by atoms with Crippen LogP contribution in [0.3, 0.4) is 0 Å². The molecule has 1 fully saturated rings. The fraction of sp³-hybridized carbons (Fsp3) is 0.375. The van der Waals surface area contributed by atoms with Crippen molar-refractivity contribution >= 4 is 23.7 Å². The van der Waals surface area contributed by atoms with Crippen LogP contribution in [0.25, 0.3) is 0 Å². The number of benzene rings is 1. The van der Waals surface area contributed by atoms with Gasteiger partial charge in [-0.2, -0.15) is 5.10 Å². The summed E-state index contributed by atoms with van der Waals surface area (Å²) in [7, 11) is 0. The summed E-state index contributed by atoms with van der Waals surface area (Å²) < 4.78 is 11.5. The first-order chi connectivity index (χ1) is 17.0. The molecule has 1 saturated heterocycles. The molecule has 10 nitrogen and oxygen atoms in total. The van der Waals surface area contributed by atoms with Crippen molar-refractivity contribution < 1.29 is 19.1 Å². The lowest BCUT2D eigenvalue weighted by atomic mass is 10.0. The van der Waals surface area contributed by atoms with Gasteiger partial charge in [0.05, 0.1) is 30.9 Å². The zero-order chi connectivity index (χ0) is 24.4. The Balaban J connectivity index is 1.23. The van der Waals surface area contributed by atoms with Crippen LogP contribution >= 0.6 is 11.3 Å². The predicted octanol–water partition coefficient (Wildman–Crippen LogP) is 1.54. The molecule has 0 saturated carbocycles. The molecule has 2 atom stereocenters. The maximum Gasteiger partial charge on any atom is 0.322 e. The van der Waals surface area contributed by atoms with Crippen LogP contribution in [0.5, 0.6) is 5.75 Å². The van der Waals surface area contributed by atoms with Crippen LogP contribution in [0.2, 0.25) is 0 Å². The monoisotopic (exact) mass is 495 g/mol. The SMILES string of the molecule is Cc1cc(COc2ccc(C(=O)N[C@@H]3CN(C=O)C[C@@H]3c3n[nH]c(=O)s3)cc2)c2c(n1)COCC2. The number of carbonyl (C=O) groups is 2. The molecule has 1 aromatic carbocycles. The molecule has 0 spiro atoms. The Morgan fingerprint density at radius 1 is 1.34 bits per heavy atom. The number of fused-ring (bicyclic) bond motifs is 1. The number of amides is 2. The number of hydrogen-bond acceptors (Lipinski definition) is 8. The molecule has 0 bridgehead atoms. The summed E-state index contributed by atoms with van der Waals surface area (Å²) in [4.78, 5) is 41.6. The van der Waals surface area contributed by atoms with Gasteiger partial charge in [-0.3, -0.25) is 19.4 Å². The average molecular weight is 496 g/mol. The second-order valence-electron chi connectivity index (χ2n) is 8.66. The number of rotatable bonds is 7. The van der Waals surface area contributed by atoms with Crippen LogP contribution in [0.4, 0.5) is 0 Å². The second-order valence-corrected chi connectivity index (χ2v) is 9.65. The lowest BCUT2D eigenvalue weighted by Gasteiger charge is -2.20. The number of carbonyl (C=O) groups excluding carboxylic acids is 2. The van der Waals surface area contributed by atoms with E-state index in [9.17, 15) is 14.4 Å². The van der Waals surface area contributed by atoms with Gasteiger partial charge in [-0.25, -0.2) is 5.10 Å². The lowest BCUT2D eigenvalue weighted by Crippen LogP contribution is -2.39. The number of nitrogens with one attached hydrogen (secondary N) is 2. The molecule has 2 aromatic heterocycles. The van der Waals surface area contributed by atoms with Gasteiger partial charge in [-0.05, 0) is 54.8 Å². The summed E-state index contributed by atoms with van der Waals surface area (Å²) in [5, 5.41) is 10.0. The van der Waals surface area contributed by atoms with Gasteiger partial charge < -0.3 is 19.7 Å². The van der Waals surface area contributed by atoms with Crippen molar-refractivity contribution in [3.05, 3.63) is 73.1 Å². The Bertz CT molecular complexity index is 1290. The van der Waals surface area contributed by atoms with E-state index in [2.05, 4.69) is 20.5 Å². The Morgan fingerprint density at radius 2 is 2.17 bits per heavy atom. The summed E-state index contributed by atoms with van der Waals surface area (Å²) in [5.41, 5.74) is 4.67. The normalized spacial score (nSPS) is 19.3. The molecule has 2 N–H and O–H groups in total. The first-order valence-corrected chi connectivity index (χ1v) is 12.2. The van der Waals surface area contributed by atoms with E-state index in [1.807, 2.05) is 13.0 Å². The molecule has 35 heavy (non-hydrogen) atoms. The molecule has 11 heteroatoms. The van der Waals surface area contributed by atoms with Crippen LogP contribution < -0.4 is 14.9 Å². The van der Waals surface area contributed by atoms with Gasteiger partial charge in [-0.15, -0.1) is 0 Å². The zero-order valence-electron chi connectivity index (χ0n) is 19.2. The largest absolute Gasteiger partial charge is 0.489 e. The minimum Gasteiger partial charge on any atom is -0.489 e. The minimum atomic E-state index is -0.340. The standard InChI is InChI=1S/C24H25N5O5S/c1-14-8-16(18-6-7-33-12-21(18)25-14)11-34-17-4-2-15(3-5-17)22(31)26-20-10-29(13-30)9-19(20)23-27-28-24(32)35-23/h2-5,8,13,19-20H,6-7,9-12H2,1H3,(H,26,31)(H,28,32)/t19-,20+/m0/s1. The number of H-pyrrole nitrogens is 1. The topological polar surface area (TPSA) is 127 Å². The Hall–Kier alpha value is -3.57. The van der Waals surface area contributed by atoms with Gasteiger partial charge in [0.1, 0.15) is 17.4 Å². The van der Waals surface area contributed by atoms with Crippen molar-refractivity contribution in [3.63, 3.8) is 0 Å². The highest BCUT2D eigenvalue weighted by Crippen LogP contribution is 2.27. The van der Waals surface area contributed by atoms with E-state index in [1.54, 1.807) is 29.2 Å². The maximum atomic E-state index is 12.9. The number of pyridine rings is 1. The van der Waals surface area contributed by atoms with Crippen LogP contribution in [-0.2, 0) is 29.2 Å². The van der Waals surface area contributed by atoms with Gasteiger partial charge in [-0.1, -0.05) is 11.3 Å². The van der Waals surface area contributed by atoms with Crippen LogP contribution in [-0.4, -0.2) is 58.1 Å². The summed E-state index contributed by atoms with van der Waals surface area (Å²) in [6.45, 7) is 4.33. The number of likely N-dealkylation sites (tertiary alicyclic amines) is 1. The van der Waals surface area contributed by atoms with E-state index in [-0.39, 0.29) is 22.7 Å². The molecule has 2 aliphatic rings. The molecule has 3 aromatic rings. The molecule has 2 amide bonds. The van der Waals surface area contributed by atoms with Gasteiger partial charge in [0, 0.05) is 24.3 Å². The summed E-state index contributed by atoms with van der Waals surface area (Å²) in [5.74, 6) is 0.154. The highest BCUT2D eigenvalue weighted by molar-refractivity contribution is 7.08. The summed E-state index contributed by atoms with van der Waals surface area (Å²) in [6, 6.07) is 8.65. The highest BCUT2D eigenvalue weighted by Gasteiger charge is 2.36. The second kappa shape index (κ2) is 9.96. The van der Waals surface area contributed by atoms with Crippen molar-refractivity contribution in [1.82, 2.24) is 25.4 Å². The van der Waals surface area contributed by atoms with Crippen molar-refractivity contribution in [1.29, 1.82) is 0 Å². The van der Waals surface area contributed by atoms with Gasteiger partial charge in [0.25, 0.3) is 5.91 Å². The third-order valence-electron chi connectivity index (χ3n) is 6.26. The molecule has 4 heterocycles. The molecular weight excluding hydrogens is 470 g/mol. The van der Waals surface area contributed by atoms with Gasteiger partial charge in [0.15, 0.2) is 0 Å². The highest BCUT2D eigenvalue weighted by atomic mass is 32.1. The fourth-order valence-corrected chi connectivity index (χ4v) is 5.33. The van der Waals surface area contributed by atoms with E-state index in [0.29, 0.717) is 49.2 Å².